The van der Waals surface area contributed by atoms with Gasteiger partial charge in [0.05, 0.1) is 17.1 Å². The molecule has 1 amide bonds. The molecule has 1 unspecified atom stereocenters. The number of nitrogens with zero attached hydrogens (tertiary/aromatic N) is 2. The molecule has 1 aliphatic rings. The number of aromatic nitrogens is 2. The number of ether oxygens (including phenoxy) is 2. The largest absolute Gasteiger partial charge is 0.486 e. The van der Waals surface area contributed by atoms with Crippen LogP contribution in [0.25, 0.3) is 10.8 Å². The highest BCUT2D eigenvalue weighted by molar-refractivity contribution is 9.10. The lowest BCUT2D eigenvalue weighted by atomic mass is 10.1. The molecule has 29 heavy (non-hydrogen) atoms. The minimum atomic E-state index is -0.302. The number of halogens is 1. The third-order valence-corrected chi connectivity index (χ3v) is 5.54. The van der Waals surface area contributed by atoms with E-state index >= 15 is 0 Å². The Morgan fingerprint density at radius 3 is 2.59 bits per heavy atom. The fraction of sp³-hybridized carbons (Fsp3) is 0.286. The van der Waals surface area contributed by atoms with E-state index in [1.807, 2.05) is 38.1 Å². The van der Waals surface area contributed by atoms with Crippen LogP contribution in [0.3, 0.4) is 0 Å². The summed E-state index contributed by atoms with van der Waals surface area (Å²) in [5, 5.41) is 8.56. The zero-order valence-electron chi connectivity index (χ0n) is 16.1. The van der Waals surface area contributed by atoms with Gasteiger partial charge < -0.3 is 14.8 Å². The topological polar surface area (TPSA) is 82.5 Å². The van der Waals surface area contributed by atoms with E-state index in [0.29, 0.717) is 35.8 Å². The number of fused-ring (bicyclic) bond motifs is 2. The van der Waals surface area contributed by atoms with E-state index in [1.54, 1.807) is 12.1 Å². The van der Waals surface area contributed by atoms with Crippen LogP contribution < -0.4 is 20.3 Å². The Kier molecular flexibility index (Phi) is 5.27. The van der Waals surface area contributed by atoms with Crippen molar-refractivity contribution in [3.05, 3.63) is 62.5 Å². The van der Waals surface area contributed by atoms with Gasteiger partial charge in [0.2, 0.25) is 5.91 Å². The fourth-order valence-electron chi connectivity index (χ4n) is 3.42. The van der Waals surface area contributed by atoms with Crippen molar-refractivity contribution in [2.45, 2.75) is 26.4 Å². The van der Waals surface area contributed by atoms with Crippen molar-refractivity contribution in [2.75, 3.05) is 13.2 Å². The lowest BCUT2D eigenvalue weighted by Gasteiger charge is -2.22. The maximum Gasteiger partial charge on any atom is 0.275 e. The molecule has 3 aromatic rings. The van der Waals surface area contributed by atoms with E-state index < -0.39 is 0 Å². The molecule has 8 heteroatoms. The molecule has 0 radical (unpaired) electrons. The smallest absolute Gasteiger partial charge is 0.275 e. The van der Waals surface area contributed by atoms with Gasteiger partial charge in [-0.1, -0.05) is 34.1 Å². The van der Waals surface area contributed by atoms with Crippen LogP contribution in [0.5, 0.6) is 11.5 Å². The van der Waals surface area contributed by atoms with Crippen molar-refractivity contribution in [3.63, 3.8) is 0 Å². The van der Waals surface area contributed by atoms with Crippen LogP contribution in [-0.4, -0.2) is 28.9 Å². The SMILES string of the molecule is Cc1nn(CC(=O)NC(C)c2cc3c(cc2Br)OCCO3)c(=O)c2ccccc12. The van der Waals surface area contributed by atoms with Crippen LogP contribution in [0, 0.1) is 6.92 Å². The molecular weight excluding hydrogens is 438 g/mol. The van der Waals surface area contributed by atoms with Crippen molar-refractivity contribution in [2.24, 2.45) is 0 Å². The molecule has 0 fully saturated rings. The molecule has 0 bridgehead atoms. The summed E-state index contributed by atoms with van der Waals surface area (Å²) in [6, 6.07) is 10.7. The number of aryl methyl sites for hydroxylation is 1. The summed E-state index contributed by atoms with van der Waals surface area (Å²) < 4.78 is 13.2. The molecule has 1 atom stereocenters. The number of amides is 1. The second-order valence-corrected chi connectivity index (χ2v) is 7.75. The predicted octanol–water partition coefficient (Wildman–Crippen LogP) is 3.12. The summed E-state index contributed by atoms with van der Waals surface area (Å²) in [6.45, 7) is 4.54. The zero-order chi connectivity index (χ0) is 20.5. The average molecular weight is 458 g/mol. The first-order chi connectivity index (χ1) is 13.9. The summed E-state index contributed by atoms with van der Waals surface area (Å²) in [4.78, 5) is 25.3. The maximum absolute atomic E-state index is 12.7. The normalized spacial score (nSPS) is 13.9. The maximum atomic E-state index is 12.7. The van der Waals surface area contributed by atoms with Gasteiger partial charge in [-0.2, -0.15) is 5.10 Å². The molecule has 0 saturated heterocycles. The number of carbonyl (C=O) groups is 1. The number of hydrogen-bond acceptors (Lipinski definition) is 5. The van der Waals surface area contributed by atoms with E-state index in [1.165, 1.54) is 4.68 Å². The molecule has 2 heterocycles. The Morgan fingerprint density at radius 1 is 1.21 bits per heavy atom. The quantitative estimate of drug-likeness (QED) is 0.650. The van der Waals surface area contributed by atoms with Crippen LogP contribution in [0.1, 0.15) is 24.2 Å². The Hall–Kier alpha value is -2.87. The molecule has 0 spiro atoms. The van der Waals surface area contributed by atoms with E-state index in [4.69, 9.17) is 9.47 Å². The molecule has 1 N–H and O–H groups in total. The van der Waals surface area contributed by atoms with Crippen LogP contribution in [0.2, 0.25) is 0 Å². The van der Waals surface area contributed by atoms with Gasteiger partial charge in [0.1, 0.15) is 19.8 Å². The van der Waals surface area contributed by atoms with Crippen molar-refractivity contribution >= 4 is 32.6 Å². The standard InChI is InChI=1S/C21H20BrN3O4/c1-12(16-9-18-19(10-17(16)22)29-8-7-28-18)23-20(26)11-25-21(27)15-6-4-3-5-14(15)13(2)24-25/h3-6,9-10,12H,7-8,11H2,1-2H3,(H,23,26). The highest BCUT2D eigenvalue weighted by Gasteiger charge is 2.20. The molecule has 1 aromatic heterocycles. The molecule has 0 saturated carbocycles. The van der Waals surface area contributed by atoms with Crippen LogP contribution in [0.4, 0.5) is 0 Å². The summed E-state index contributed by atoms with van der Waals surface area (Å²) in [7, 11) is 0. The fourth-order valence-corrected chi connectivity index (χ4v) is 4.09. The predicted molar refractivity (Wildman–Crippen MR) is 112 cm³/mol. The molecule has 4 rings (SSSR count). The minimum absolute atomic E-state index is 0.156. The van der Waals surface area contributed by atoms with Crippen molar-refractivity contribution in [1.82, 2.24) is 15.1 Å². The lowest BCUT2D eigenvalue weighted by molar-refractivity contribution is -0.122. The number of benzene rings is 2. The Labute approximate surface area is 175 Å². The third-order valence-electron chi connectivity index (χ3n) is 4.85. The highest BCUT2D eigenvalue weighted by Crippen LogP contribution is 2.37. The Balaban J connectivity index is 1.54. The molecular formula is C21H20BrN3O4. The molecule has 2 aromatic carbocycles. The second-order valence-electron chi connectivity index (χ2n) is 6.90. The van der Waals surface area contributed by atoms with Crippen LogP contribution in [0.15, 0.2) is 45.7 Å². The van der Waals surface area contributed by atoms with Gasteiger partial charge in [0, 0.05) is 9.86 Å². The molecule has 0 aliphatic carbocycles. The van der Waals surface area contributed by atoms with E-state index in [9.17, 15) is 9.59 Å². The van der Waals surface area contributed by atoms with E-state index in [0.717, 1.165) is 15.4 Å². The summed E-state index contributed by atoms with van der Waals surface area (Å²) in [6.07, 6.45) is 0. The average Bonchev–Trinajstić information content (AvgIpc) is 2.71. The van der Waals surface area contributed by atoms with Gasteiger partial charge in [0.25, 0.3) is 5.56 Å². The van der Waals surface area contributed by atoms with Crippen molar-refractivity contribution in [1.29, 1.82) is 0 Å². The van der Waals surface area contributed by atoms with Gasteiger partial charge in [-0.05, 0) is 37.6 Å². The van der Waals surface area contributed by atoms with Gasteiger partial charge >= 0.3 is 0 Å². The number of carbonyl (C=O) groups excluding carboxylic acids is 1. The van der Waals surface area contributed by atoms with E-state index in [-0.39, 0.29) is 24.1 Å². The van der Waals surface area contributed by atoms with Crippen molar-refractivity contribution in [3.8, 4) is 11.5 Å². The summed E-state index contributed by atoms with van der Waals surface area (Å²) in [5.74, 6) is 1.02. The molecule has 7 nitrogen and oxygen atoms in total. The summed E-state index contributed by atoms with van der Waals surface area (Å²) in [5.41, 5.74) is 1.28. The zero-order valence-corrected chi connectivity index (χ0v) is 17.7. The molecule has 150 valence electrons. The minimum Gasteiger partial charge on any atom is -0.486 e. The number of hydrogen-bond donors (Lipinski definition) is 1. The summed E-state index contributed by atoms with van der Waals surface area (Å²) >= 11 is 3.53. The second kappa shape index (κ2) is 7.87. The van der Waals surface area contributed by atoms with E-state index in [2.05, 4.69) is 26.3 Å². The van der Waals surface area contributed by atoms with Gasteiger partial charge in [-0.25, -0.2) is 4.68 Å². The van der Waals surface area contributed by atoms with Crippen LogP contribution in [-0.2, 0) is 11.3 Å². The molecule has 1 aliphatic heterocycles. The Bertz CT molecular complexity index is 1160. The lowest BCUT2D eigenvalue weighted by Crippen LogP contribution is -2.35. The first kappa shape index (κ1) is 19.4. The first-order valence-corrected chi connectivity index (χ1v) is 10.1. The third kappa shape index (κ3) is 3.85. The number of nitrogens with one attached hydrogen (secondary N) is 1. The first-order valence-electron chi connectivity index (χ1n) is 9.29. The van der Waals surface area contributed by atoms with Gasteiger partial charge in [-0.15, -0.1) is 0 Å². The van der Waals surface area contributed by atoms with Crippen molar-refractivity contribution < 1.29 is 14.3 Å². The van der Waals surface area contributed by atoms with Gasteiger partial charge in [-0.3, -0.25) is 9.59 Å². The Morgan fingerprint density at radius 2 is 1.86 bits per heavy atom. The highest BCUT2D eigenvalue weighted by atomic mass is 79.9. The van der Waals surface area contributed by atoms with Gasteiger partial charge in [0.15, 0.2) is 11.5 Å². The number of rotatable bonds is 4. The monoisotopic (exact) mass is 457 g/mol. The van der Waals surface area contributed by atoms with Crippen LogP contribution >= 0.6 is 15.9 Å².